The van der Waals surface area contributed by atoms with Gasteiger partial charge in [0.05, 0.1) is 72.7 Å². The van der Waals surface area contributed by atoms with E-state index >= 15 is 0 Å². The Balaban J connectivity index is 1.08. The monoisotopic (exact) mass is 997 g/mol. The van der Waals surface area contributed by atoms with E-state index in [1.165, 1.54) is 12.1 Å². The highest BCUT2D eigenvalue weighted by atomic mass is 19.4. The van der Waals surface area contributed by atoms with Crippen LogP contribution >= 0.6 is 0 Å². The van der Waals surface area contributed by atoms with Crippen molar-refractivity contribution in [3.8, 4) is 51.1 Å². The zero-order valence-corrected chi connectivity index (χ0v) is 41.4. The van der Waals surface area contributed by atoms with Gasteiger partial charge in [0.15, 0.2) is 0 Å². The second-order valence-corrected chi connectivity index (χ2v) is 20.0. The van der Waals surface area contributed by atoms with Gasteiger partial charge in [-0.3, -0.25) is 0 Å². The van der Waals surface area contributed by atoms with Crippen molar-refractivity contribution in [3.05, 3.63) is 253 Å². The molecule has 8 heteroatoms. The Hall–Kier alpha value is -10.1. The molecule has 0 N–H and O–H groups in total. The smallest absolute Gasteiger partial charge is 0.309 e. The number of alkyl halides is 3. The summed E-state index contributed by atoms with van der Waals surface area (Å²) in [6.45, 7) is 1.71. The zero-order valence-electron chi connectivity index (χ0n) is 41.4. The maximum absolute atomic E-state index is 14.6. The summed E-state index contributed by atoms with van der Waals surface area (Å²) in [5.41, 5.74) is 14.8. The molecule has 0 radical (unpaired) electrons. The molecule has 77 heavy (non-hydrogen) atoms. The van der Waals surface area contributed by atoms with Crippen molar-refractivity contribution in [2.45, 2.75) is 13.1 Å². The van der Waals surface area contributed by atoms with E-state index in [4.69, 9.17) is 0 Å². The summed E-state index contributed by atoms with van der Waals surface area (Å²) in [5.74, 6) is 0. The first-order chi connectivity index (χ1) is 37.7. The highest BCUT2D eigenvalue weighted by Gasteiger charge is 2.32. The van der Waals surface area contributed by atoms with E-state index in [1.54, 1.807) is 6.92 Å². The number of nitrogens with zero attached hydrogens (tertiary/aromatic N) is 5. The lowest BCUT2D eigenvalue weighted by atomic mass is 9.94. The number of aryl methyl sites for hydroxylation is 1. The minimum absolute atomic E-state index is 0.456. The minimum atomic E-state index is -4.54. The Morgan fingerprint density at radius 3 is 1.30 bits per heavy atom. The summed E-state index contributed by atoms with van der Waals surface area (Å²) >= 11 is 0. The molecule has 0 aliphatic rings. The fraction of sp³-hybridized carbons (Fsp3) is 0.0290. The first-order valence-corrected chi connectivity index (χ1v) is 25.6. The molecule has 0 atom stereocenters. The summed E-state index contributed by atoms with van der Waals surface area (Å²) in [4.78, 5) is 0. The molecule has 15 aromatic rings. The van der Waals surface area contributed by atoms with Crippen LogP contribution < -0.4 is 0 Å². The average molecular weight is 998 g/mol. The molecule has 0 aliphatic heterocycles. The highest BCUT2D eigenvalue weighted by molar-refractivity contribution is 6.28. The van der Waals surface area contributed by atoms with Gasteiger partial charge in [0, 0.05) is 65.6 Å². The number of fused-ring (bicyclic) bond motifs is 14. The van der Waals surface area contributed by atoms with Crippen LogP contribution in [0.15, 0.2) is 237 Å². The first kappa shape index (κ1) is 44.4. The Bertz CT molecular complexity index is 4990. The van der Waals surface area contributed by atoms with Crippen molar-refractivity contribution in [1.82, 2.24) is 18.3 Å². The Labute approximate surface area is 439 Å². The van der Waals surface area contributed by atoms with Gasteiger partial charge in [-0.15, -0.1) is 0 Å². The third-order valence-corrected chi connectivity index (χ3v) is 15.6. The van der Waals surface area contributed by atoms with Crippen LogP contribution in [-0.4, -0.2) is 18.3 Å². The van der Waals surface area contributed by atoms with Gasteiger partial charge in [0.1, 0.15) is 0 Å². The number of rotatable bonds is 6. The van der Waals surface area contributed by atoms with Crippen LogP contribution in [-0.2, 0) is 6.18 Å². The van der Waals surface area contributed by atoms with Crippen LogP contribution in [0, 0.1) is 18.3 Å². The fourth-order valence-corrected chi connectivity index (χ4v) is 12.5. The lowest BCUT2D eigenvalue weighted by Gasteiger charge is -2.20. The molecule has 0 fully saturated rings. The third-order valence-electron chi connectivity index (χ3n) is 15.6. The second kappa shape index (κ2) is 16.7. The number of hydrogen-bond acceptors (Lipinski definition) is 1. The molecule has 0 saturated carbocycles. The summed E-state index contributed by atoms with van der Waals surface area (Å²) in [5, 5.41) is 19.4. The molecule has 0 bridgehead atoms. The maximum Gasteiger partial charge on any atom is 0.416 e. The van der Waals surface area contributed by atoms with Gasteiger partial charge in [-0.1, -0.05) is 146 Å². The van der Waals surface area contributed by atoms with E-state index in [1.807, 2.05) is 60.7 Å². The van der Waals surface area contributed by atoms with E-state index in [2.05, 4.69) is 188 Å². The van der Waals surface area contributed by atoms with E-state index in [0.29, 0.717) is 22.3 Å². The van der Waals surface area contributed by atoms with Gasteiger partial charge in [-0.05, 0) is 115 Å². The summed E-state index contributed by atoms with van der Waals surface area (Å²) in [7, 11) is 0. The molecule has 11 aromatic carbocycles. The van der Waals surface area contributed by atoms with Gasteiger partial charge in [-0.2, -0.15) is 18.4 Å². The van der Waals surface area contributed by atoms with E-state index in [-0.39, 0.29) is 0 Å². The number of para-hydroxylation sites is 6. The lowest BCUT2D eigenvalue weighted by Crippen LogP contribution is -2.05. The maximum atomic E-state index is 14.6. The molecule has 5 nitrogen and oxygen atoms in total. The molecular weight excluding hydrogens is 956 g/mol. The normalized spacial score (nSPS) is 12.1. The van der Waals surface area contributed by atoms with E-state index in [0.717, 1.165) is 121 Å². The second-order valence-electron chi connectivity index (χ2n) is 20.0. The lowest BCUT2D eigenvalue weighted by molar-refractivity contribution is -0.137. The molecule has 364 valence electrons. The number of halogens is 3. The van der Waals surface area contributed by atoms with Crippen molar-refractivity contribution >= 4 is 87.2 Å². The van der Waals surface area contributed by atoms with Crippen LogP contribution in [0.2, 0.25) is 0 Å². The van der Waals surface area contributed by atoms with Gasteiger partial charge in [0.25, 0.3) is 0 Å². The van der Waals surface area contributed by atoms with E-state index in [9.17, 15) is 18.4 Å². The van der Waals surface area contributed by atoms with Gasteiger partial charge < -0.3 is 18.3 Å². The quantitative estimate of drug-likeness (QED) is 0.164. The zero-order chi connectivity index (χ0) is 51.7. The Morgan fingerprint density at radius 1 is 0.364 bits per heavy atom. The van der Waals surface area contributed by atoms with Crippen LogP contribution in [0.4, 0.5) is 13.2 Å². The topological polar surface area (TPSA) is 43.5 Å². The average Bonchev–Trinajstić information content (AvgIpc) is 4.41. The molecular formula is C69H42F3N5. The molecule has 0 saturated heterocycles. The standard InChI is InChI=1S/C69H42F3N5/c1-42-36-45(39-46(37-42)69(70,71)72)44-29-31-52(64(40-44)77-60-27-15-11-23-56(60)66-62(77)35-33-54-50-21-9-13-25-58(50)75(68(54)66)48-18-6-3-7-19-48)51-30-28-43(41-73)38-63(51)76-59-26-14-10-22-55(59)65-61(76)34-32-53-49-20-8-12-24-57(49)74(67(53)65)47-16-4-2-5-17-47/h2-40H,1H3. The van der Waals surface area contributed by atoms with Gasteiger partial charge >= 0.3 is 6.18 Å². The predicted molar refractivity (Wildman–Crippen MR) is 309 cm³/mol. The van der Waals surface area contributed by atoms with Crippen LogP contribution in [0.5, 0.6) is 0 Å². The summed E-state index contributed by atoms with van der Waals surface area (Å²) in [6.07, 6.45) is -4.54. The molecule has 0 aliphatic carbocycles. The Kier molecular flexibility index (Phi) is 9.63. The number of hydrogen-bond donors (Lipinski definition) is 0. The van der Waals surface area contributed by atoms with Crippen molar-refractivity contribution in [2.24, 2.45) is 0 Å². The Morgan fingerprint density at radius 2 is 0.805 bits per heavy atom. The molecule has 4 aromatic heterocycles. The number of benzene rings is 11. The number of nitriles is 1. The molecule has 0 spiro atoms. The highest BCUT2D eigenvalue weighted by Crippen LogP contribution is 2.48. The summed E-state index contributed by atoms with van der Waals surface area (Å²) in [6, 6.07) is 82.2. The van der Waals surface area contributed by atoms with Crippen LogP contribution in [0.25, 0.3) is 132 Å². The third kappa shape index (κ3) is 6.60. The fourth-order valence-electron chi connectivity index (χ4n) is 12.5. The SMILES string of the molecule is Cc1cc(-c2ccc(-c3ccc(C#N)cc3-n3c4ccccc4c4c3ccc3c5ccccc5n(-c5ccccc5)c34)c(-n3c4ccccc4c4c3ccc3c5ccccc5n(-c5ccccc5)c34)c2)cc(C(F)(F)F)c1. The van der Waals surface area contributed by atoms with Crippen LogP contribution in [0.1, 0.15) is 16.7 Å². The van der Waals surface area contributed by atoms with Gasteiger partial charge in [-0.25, -0.2) is 0 Å². The largest absolute Gasteiger partial charge is 0.416 e. The predicted octanol–water partition coefficient (Wildman–Crippen LogP) is 18.6. The van der Waals surface area contributed by atoms with Crippen LogP contribution in [0.3, 0.4) is 0 Å². The number of aromatic nitrogens is 4. The van der Waals surface area contributed by atoms with E-state index < -0.39 is 11.7 Å². The molecule has 0 unspecified atom stereocenters. The van der Waals surface area contributed by atoms with Gasteiger partial charge in [0.2, 0.25) is 0 Å². The minimum Gasteiger partial charge on any atom is -0.309 e. The molecule has 0 amide bonds. The summed E-state index contributed by atoms with van der Waals surface area (Å²) < 4.78 is 53.2. The molecule has 4 heterocycles. The van der Waals surface area contributed by atoms with Crippen molar-refractivity contribution in [3.63, 3.8) is 0 Å². The van der Waals surface area contributed by atoms with Crippen molar-refractivity contribution in [1.29, 1.82) is 5.26 Å². The first-order valence-electron chi connectivity index (χ1n) is 25.6. The molecule has 15 rings (SSSR count). The van der Waals surface area contributed by atoms with Crippen molar-refractivity contribution < 1.29 is 13.2 Å². The van der Waals surface area contributed by atoms with Crippen molar-refractivity contribution in [2.75, 3.05) is 0 Å².